The van der Waals surface area contributed by atoms with Gasteiger partial charge in [-0.05, 0) is 63.4 Å². The third-order valence-corrected chi connectivity index (χ3v) is 7.34. The lowest BCUT2D eigenvalue weighted by molar-refractivity contribution is 0.152. The van der Waals surface area contributed by atoms with Gasteiger partial charge >= 0.3 is 0 Å². The highest BCUT2D eigenvalue weighted by atomic mass is 19.3. The van der Waals surface area contributed by atoms with E-state index in [1.807, 2.05) is 6.92 Å². The van der Waals surface area contributed by atoms with E-state index in [1.165, 1.54) is 28.9 Å². The number of halogens is 2. The molecular weight excluding hydrogens is 498 g/mol. The zero-order valence-electron chi connectivity index (χ0n) is 22.3. The highest BCUT2D eigenvalue weighted by Crippen LogP contribution is 2.29. The number of nitrogens with zero attached hydrogens (tertiary/aromatic N) is 6. The first-order chi connectivity index (χ1) is 18.8. The van der Waals surface area contributed by atoms with Gasteiger partial charge in [0.15, 0.2) is 0 Å². The van der Waals surface area contributed by atoms with E-state index in [0.717, 1.165) is 37.2 Å². The summed E-state index contributed by atoms with van der Waals surface area (Å²) in [5.41, 5.74) is 3.10. The number of aromatic nitrogens is 4. The molecular formula is C29H32F2N8. The van der Waals surface area contributed by atoms with Gasteiger partial charge in [-0.25, -0.2) is 23.7 Å². The second-order valence-electron chi connectivity index (χ2n) is 10.2. The number of alkyl halides is 2. The quantitative estimate of drug-likeness (QED) is 0.286. The van der Waals surface area contributed by atoms with Crippen LogP contribution in [0, 0.1) is 11.3 Å². The van der Waals surface area contributed by atoms with E-state index in [0.29, 0.717) is 29.4 Å². The molecule has 4 heterocycles. The number of hydrogen-bond donors (Lipinski definition) is 2. The summed E-state index contributed by atoms with van der Waals surface area (Å²) < 4.78 is 28.4. The lowest BCUT2D eigenvalue weighted by Gasteiger charge is -2.35. The third kappa shape index (κ3) is 5.68. The van der Waals surface area contributed by atoms with Crippen LogP contribution in [0.25, 0.3) is 17.0 Å². The first-order valence-corrected chi connectivity index (χ1v) is 13.2. The fraction of sp³-hybridized carbons (Fsp3) is 0.379. The summed E-state index contributed by atoms with van der Waals surface area (Å²) in [6.45, 7) is 8.73. The molecule has 202 valence electrons. The van der Waals surface area contributed by atoms with E-state index in [9.17, 15) is 14.0 Å². The highest BCUT2D eigenvalue weighted by molar-refractivity contribution is 5.68. The molecule has 1 aliphatic rings. The average Bonchev–Trinajstić information content (AvgIpc) is 3.38. The molecule has 0 saturated carbocycles. The number of benzene rings is 1. The van der Waals surface area contributed by atoms with Gasteiger partial charge in [0.25, 0.3) is 6.43 Å². The predicted octanol–water partition coefficient (Wildman–Crippen LogP) is 6.06. The van der Waals surface area contributed by atoms with E-state index < -0.39 is 6.43 Å². The first kappa shape index (κ1) is 26.5. The molecule has 0 unspecified atom stereocenters. The van der Waals surface area contributed by atoms with Crippen LogP contribution < -0.4 is 10.6 Å². The Labute approximate surface area is 226 Å². The van der Waals surface area contributed by atoms with E-state index in [-0.39, 0.29) is 22.8 Å². The minimum atomic E-state index is -2.66. The van der Waals surface area contributed by atoms with Crippen LogP contribution in [0.1, 0.15) is 62.8 Å². The fourth-order valence-electron chi connectivity index (χ4n) is 5.05. The molecule has 0 bridgehead atoms. The van der Waals surface area contributed by atoms with E-state index >= 15 is 0 Å². The number of likely N-dealkylation sites (tertiary alicyclic amines) is 1. The average molecular weight is 531 g/mol. The van der Waals surface area contributed by atoms with Gasteiger partial charge in [-0.15, -0.1) is 0 Å². The summed E-state index contributed by atoms with van der Waals surface area (Å²) in [5.74, 6) is 0.329. The molecule has 2 N–H and O–H groups in total. The van der Waals surface area contributed by atoms with Gasteiger partial charge in [0, 0.05) is 37.1 Å². The van der Waals surface area contributed by atoms with Gasteiger partial charge in [0.05, 0.1) is 35.3 Å². The highest BCUT2D eigenvalue weighted by Gasteiger charge is 2.21. The van der Waals surface area contributed by atoms with E-state index in [2.05, 4.69) is 74.7 Å². The van der Waals surface area contributed by atoms with Crippen molar-refractivity contribution in [1.29, 1.82) is 5.26 Å². The van der Waals surface area contributed by atoms with Crippen LogP contribution in [-0.2, 0) is 0 Å². The molecule has 1 aliphatic heterocycles. The molecule has 3 aromatic heterocycles. The summed E-state index contributed by atoms with van der Waals surface area (Å²) in [6.07, 6.45) is 4.12. The standard InChI is InChI=1S/C29H32F2N8/c1-18(2)38-13-10-23(11-14-38)36-22-8-6-20(7-9-22)19(3)35-29-34-16-21(15-32)26(37-29)25-17-33-28-24(27(30)31)5-4-12-39(25)28/h4-9,12,16-19,23,27,36H,10-11,13-14H2,1-3H3,(H,34,35,37)/t19-/m0/s1. The maximum atomic E-state index is 13.5. The van der Waals surface area contributed by atoms with Crippen LogP contribution in [0.4, 0.5) is 20.4 Å². The summed E-state index contributed by atoms with van der Waals surface area (Å²) in [6, 6.07) is 14.2. The second-order valence-corrected chi connectivity index (χ2v) is 10.2. The number of nitriles is 1. The molecule has 5 rings (SSSR count). The van der Waals surface area contributed by atoms with Crippen molar-refractivity contribution in [2.45, 2.75) is 58.2 Å². The summed E-state index contributed by atoms with van der Waals surface area (Å²) in [5, 5.41) is 16.6. The maximum Gasteiger partial charge on any atom is 0.267 e. The molecule has 0 amide bonds. The van der Waals surface area contributed by atoms with Crippen molar-refractivity contribution in [2.75, 3.05) is 23.7 Å². The normalized spacial score (nSPS) is 15.5. The van der Waals surface area contributed by atoms with Gasteiger partial charge in [-0.1, -0.05) is 12.1 Å². The molecule has 1 fully saturated rings. The maximum absolute atomic E-state index is 13.5. The Morgan fingerprint density at radius 2 is 1.77 bits per heavy atom. The minimum absolute atomic E-state index is 0.110. The molecule has 1 atom stereocenters. The summed E-state index contributed by atoms with van der Waals surface area (Å²) in [4.78, 5) is 15.6. The topological polar surface area (TPSA) is 94.2 Å². The zero-order chi connectivity index (χ0) is 27.5. The van der Waals surface area contributed by atoms with Gasteiger partial charge in [0.1, 0.15) is 17.4 Å². The van der Waals surface area contributed by atoms with Crippen molar-refractivity contribution in [3.8, 4) is 17.5 Å². The summed E-state index contributed by atoms with van der Waals surface area (Å²) >= 11 is 0. The molecule has 8 nitrogen and oxygen atoms in total. The first-order valence-electron chi connectivity index (χ1n) is 13.2. The fourth-order valence-corrected chi connectivity index (χ4v) is 5.05. The van der Waals surface area contributed by atoms with Crippen molar-refractivity contribution < 1.29 is 8.78 Å². The third-order valence-electron chi connectivity index (χ3n) is 7.34. The van der Waals surface area contributed by atoms with Gasteiger partial charge in [-0.2, -0.15) is 5.26 Å². The Bertz CT molecular complexity index is 1470. The Morgan fingerprint density at radius 3 is 2.44 bits per heavy atom. The van der Waals surface area contributed by atoms with Gasteiger partial charge in [-0.3, -0.25) is 4.40 Å². The van der Waals surface area contributed by atoms with Crippen LogP contribution in [0.2, 0.25) is 0 Å². The van der Waals surface area contributed by atoms with Crippen LogP contribution in [-0.4, -0.2) is 49.4 Å². The molecule has 1 aromatic carbocycles. The van der Waals surface area contributed by atoms with E-state index in [1.54, 1.807) is 6.20 Å². The van der Waals surface area contributed by atoms with Gasteiger partial charge < -0.3 is 15.5 Å². The Kier molecular flexibility index (Phi) is 7.70. The Balaban J connectivity index is 1.30. The van der Waals surface area contributed by atoms with Crippen LogP contribution in [0.3, 0.4) is 0 Å². The van der Waals surface area contributed by atoms with Crippen molar-refractivity contribution in [3.63, 3.8) is 0 Å². The zero-order valence-corrected chi connectivity index (χ0v) is 22.3. The SMILES string of the molecule is CC(C)N1CCC(Nc2ccc([C@H](C)Nc3ncc(C#N)c(-c4cnc5c(C(F)F)cccn45)n3)cc2)CC1. The summed E-state index contributed by atoms with van der Waals surface area (Å²) in [7, 11) is 0. The second kappa shape index (κ2) is 11.3. The van der Waals surface area contributed by atoms with Gasteiger partial charge in [0.2, 0.25) is 5.95 Å². The lowest BCUT2D eigenvalue weighted by atomic mass is 10.0. The molecule has 4 aromatic rings. The smallest absolute Gasteiger partial charge is 0.267 e. The molecule has 10 heteroatoms. The molecule has 0 spiro atoms. The number of imidazole rings is 1. The number of fused-ring (bicyclic) bond motifs is 1. The van der Waals surface area contributed by atoms with Crippen molar-refractivity contribution in [3.05, 3.63) is 71.7 Å². The number of nitrogens with one attached hydrogen (secondary N) is 2. The monoisotopic (exact) mass is 530 g/mol. The number of anilines is 2. The van der Waals surface area contributed by atoms with Crippen molar-refractivity contribution in [1.82, 2.24) is 24.3 Å². The van der Waals surface area contributed by atoms with Crippen molar-refractivity contribution >= 4 is 17.3 Å². The number of pyridine rings is 1. The number of piperidine rings is 1. The number of hydrogen-bond acceptors (Lipinski definition) is 7. The largest absolute Gasteiger partial charge is 0.382 e. The van der Waals surface area contributed by atoms with Crippen LogP contribution >= 0.6 is 0 Å². The predicted molar refractivity (Wildman–Crippen MR) is 148 cm³/mol. The molecule has 0 radical (unpaired) electrons. The van der Waals surface area contributed by atoms with Crippen LogP contribution in [0.5, 0.6) is 0 Å². The molecule has 0 aliphatic carbocycles. The van der Waals surface area contributed by atoms with Crippen molar-refractivity contribution in [2.24, 2.45) is 0 Å². The number of rotatable bonds is 8. The molecule has 1 saturated heterocycles. The Hall–Kier alpha value is -4.10. The van der Waals surface area contributed by atoms with Crippen LogP contribution in [0.15, 0.2) is 55.0 Å². The molecule has 39 heavy (non-hydrogen) atoms. The lowest BCUT2D eigenvalue weighted by Crippen LogP contribution is -2.42. The van der Waals surface area contributed by atoms with E-state index in [4.69, 9.17) is 0 Å². The Morgan fingerprint density at radius 1 is 1.03 bits per heavy atom. The minimum Gasteiger partial charge on any atom is -0.382 e.